The van der Waals surface area contributed by atoms with Gasteiger partial charge in [-0.1, -0.05) is 12.1 Å². The zero-order valence-corrected chi connectivity index (χ0v) is 10.5. The lowest BCUT2D eigenvalue weighted by molar-refractivity contribution is 0.112. The fourth-order valence-corrected chi connectivity index (χ4v) is 2.88. The molecule has 2 nitrogen and oxygen atoms in total. The van der Waals surface area contributed by atoms with E-state index in [0.717, 1.165) is 33.2 Å². The minimum absolute atomic E-state index is 0.722. The van der Waals surface area contributed by atoms with Crippen LogP contribution in [0, 0.1) is 6.92 Å². The summed E-state index contributed by atoms with van der Waals surface area (Å²) >= 11 is 3.37. The molecule has 0 saturated carbocycles. The summed E-state index contributed by atoms with van der Waals surface area (Å²) in [5.74, 6) is 0.854. The fraction of sp³-hybridized carbons (Fsp3) is 0.167. The minimum atomic E-state index is 0.722. The van der Waals surface area contributed by atoms with Gasteiger partial charge in [-0.2, -0.15) is 0 Å². The Hall–Kier alpha value is -1.13. The summed E-state index contributed by atoms with van der Waals surface area (Å²) in [7, 11) is 0. The molecule has 0 atom stereocenters. The summed E-state index contributed by atoms with van der Waals surface area (Å²) in [4.78, 5) is 16.1. The number of aldehydes is 1. The van der Waals surface area contributed by atoms with Crippen molar-refractivity contribution in [1.82, 2.24) is 4.98 Å². The van der Waals surface area contributed by atoms with Crippen molar-refractivity contribution >= 4 is 29.4 Å². The van der Waals surface area contributed by atoms with Crippen LogP contribution in [0.4, 0.5) is 0 Å². The summed E-state index contributed by atoms with van der Waals surface area (Å²) in [6, 6.07) is 7.62. The van der Waals surface area contributed by atoms with E-state index in [-0.39, 0.29) is 0 Å². The van der Waals surface area contributed by atoms with E-state index in [1.54, 1.807) is 23.1 Å². The molecule has 0 bridgehead atoms. The first-order chi connectivity index (χ1) is 7.78. The van der Waals surface area contributed by atoms with Crippen LogP contribution in [0.1, 0.15) is 21.1 Å². The van der Waals surface area contributed by atoms with Crippen molar-refractivity contribution in [3.8, 4) is 0 Å². The number of hydrogen-bond acceptors (Lipinski definition) is 4. The third-order valence-corrected chi connectivity index (χ3v) is 3.90. The predicted octanol–water partition coefficient (Wildman–Crippen LogP) is 3.56. The molecule has 1 aromatic heterocycles. The van der Waals surface area contributed by atoms with Crippen LogP contribution in [-0.2, 0) is 5.75 Å². The highest BCUT2D eigenvalue weighted by Crippen LogP contribution is 2.23. The van der Waals surface area contributed by atoms with Crippen molar-refractivity contribution in [1.29, 1.82) is 0 Å². The van der Waals surface area contributed by atoms with Crippen molar-refractivity contribution in [3.05, 3.63) is 45.9 Å². The average Bonchev–Trinajstić information content (AvgIpc) is 2.73. The first-order valence-corrected chi connectivity index (χ1v) is 6.73. The summed E-state index contributed by atoms with van der Waals surface area (Å²) in [5, 5.41) is 3.17. The average molecular weight is 249 g/mol. The van der Waals surface area contributed by atoms with E-state index in [1.165, 1.54) is 0 Å². The van der Waals surface area contributed by atoms with E-state index in [2.05, 4.69) is 10.4 Å². The van der Waals surface area contributed by atoms with E-state index >= 15 is 0 Å². The standard InChI is InChI=1S/C12H11NOS2/c1-9-13-11(7-15-9)8-16-12-4-2-3-10(5-12)6-14/h2-7H,8H2,1H3. The van der Waals surface area contributed by atoms with Gasteiger partial charge in [-0.05, 0) is 19.1 Å². The molecule has 4 heteroatoms. The zero-order chi connectivity index (χ0) is 11.4. The van der Waals surface area contributed by atoms with Crippen LogP contribution in [0.5, 0.6) is 0 Å². The Morgan fingerprint density at radius 2 is 2.38 bits per heavy atom. The molecule has 0 aliphatic heterocycles. The Bertz CT molecular complexity index is 493. The molecule has 2 aromatic rings. The van der Waals surface area contributed by atoms with Crippen LogP contribution >= 0.6 is 23.1 Å². The van der Waals surface area contributed by atoms with Gasteiger partial charge in [0.1, 0.15) is 6.29 Å². The van der Waals surface area contributed by atoms with E-state index in [0.29, 0.717) is 0 Å². The maximum Gasteiger partial charge on any atom is 0.150 e. The molecular formula is C12H11NOS2. The number of carbonyl (C=O) groups excluding carboxylic acids is 1. The summed E-state index contributed by atoms with van der Waals surface area (Å²) in [6.45, 7) is 2.01. The quantitative estimate of drug-likeness (QED) is 0.613. The molecule has 1 heterocycles. The number of aromatic nitrogens is 1. The van der Waals surface area contributed by atoms with E-state index in [1.807, 2.05) is 31.2 Å². The zero-order valence-electron chi connectivity index (χ0n) is 8.84. The van der Waals surface area contributed by atoms with Gasteiger partial charge in [0.05, 0.1) is 10.7 Å². The smallest absolute Gasteiger partial charge is 0.150 e. The molecule has 0 amide bonds. The second-order valence-electron chi connectivity index (χ2n) is 3.34. The van der Waals surface area contributed by atoms with Gasteiger partial charge < -0.3 is 0 Å². The molecule has 0 saturated heterocycles. The number of nitrogens with zero attached hydrogens (tertiary/aromatic N) is 1. The van der Waals surface area contributed by atoms with Gasteiger partial charge in [0, 0.05) is 21.6 Å². The van der Waals surface area contributed by atoms with Crippen molar-refractivity contribution in [2.75, 3.05) is 0 Å². The van der Waals surface area contributed by atoms with Gasteiger partial charge in [0.2, 0.25) is 0 Å². The summed E-state index contributed by atoms with van der Waals surface area (Å²) in [5.41, 5.74) is 1.82. The molecule has 0 aliphatic rings. The monoisotopic (exact) mass is 249 g/mol. The Balaban J connectivity index is 2.01. The second kappa shape index (κ2) is 5.27. The molecule has 16 heavy (non-hydrogen) atoms. The Morgan fingerprint density at radius 3 is 3.06 bits per heavy atom. The highest BCUT2D eigenvalue weighted by atomic mass is 32.2. The van der Waals surface area contributed by atoms with Gasteiger partial charge in [0.15, 0.2) is 0 Å². The topological polar surface area (TPSA) is 30.0 Å². The van der Waals surface area contributed by atoms with Gasteiger partial charge in [-0.3, -0.25) is 4.79 Å². The fourth-order valence-electron chi connectivity index (χ4n) is 1.31. The normalized spacial score (nSPS) is 10.3. The highest BCUT2D eigenvalue weighted by Gasteiger charge is 2.00. The Labute approximate surface area is 103 Å². The van der Waals surface area contributed by atoms with Crippen molar-refractivity contribution in [2.24, 2.45) is 0 Å². The first-order valence-electron chi connectivity index (χ1n) is 4.87. The maximum atomic E-state index is 10.6. The largest absolute Gasteiger partial charge is 0.298 e. The Morgan fingerprint density at radius 1 is 1.50 bits per heavy atom. The molecule has 0 unspecified atom stereocenters. The lowest BCUT2D eigenvalue weighted by Crippen LogP contribution is -1.83. The van der Waals surface area contributed by atoms with Crippen molar-refractivity contribution < 1.29 is 4.79 Å². The summed E-state index contributed by atoms with van der Waals surface area (Å²) < 4.78 is 0. The van der Waals surface area contributed by atoms with Crippen LogP contribution in [0.25, 0.3) is 0 Å². The molecule has 0 aliphatic carbocycles. The van der Waals surface area contributed by atoms with Gasteiger partial charge in [0.25, 0.3) is 0 Å². The molecule has 0 radical (unpaired) electrons. The first kappa shape index (κ1) is 11.4. The molecule has 0 fully saturated rings. The lowest BCUT2D eigenvalue weighted by Gasteiger charge is -1.99. The number of carbonyl (C=O) groups is 1. The summed E-state index contributed by atoms with van der Waals surface area (Å²) in [6.07, 6.45) is 0.872. The number of thiazole rings is 1. The van der Waals surface area contributed by atoms with Crippen LogP contribution in [0.2, 0.25) is 0 Å². The van der Waals surface area contributed by atoms with Gasteiger partial charge >= 0.3 is 0 Å². The third kappa shape index (κ3) is 2.93. The van der Waals surface area contributed by atoms with Crippen LogP contribution in [0.15, 0.2) is 34.5 Å². The highest BCUT2D eigenvalue weighted by molar-refractivity contribution is 7.98. The van der Waals surface area contributed by atoms with E-state index in [9.17, 15) is 4.79 Å². The molecule has 1 aromatic carbocycles. The number of benzene rings is 1. The number of rotatable bonds is 4. The third-order valence-electron chi connectivity index (χ3n) is 2.05. The Kier molecular flexibility index (Phi) is 3.74. The maximum absolute atomic E-state index is 10.6. The van der Waals surface area contributed by atoms with Crippen molar-refractivity contribution in [3.63, 3.8) is 0 Å². The SMILES string of the molecule is Cc1nc(CSc2cccc(C=O)c2)cs1. The number of thioether (sulfide) groups is 1. The number of aryl methyl sites for hydroxylation is 1. The molecule has 0 spiro atoms. The molecule has 2 rings (SSSR count). The van der Waals surface area contributed by atoms with Crippen molar-refractivity contribution in [2.45, 2.75) is 17.6 Å². The second-order valence-corrected chi connectivity index (χ2v) is 5.45. The van der Waals surface area contributed by atoms with E-state index in [4.69, 9.17) is 0 Å². The van der Waals surface area contributed by atoms with Gasteiger partial charge in [-0.25, -0.2) is 4.98 Å². The van der Waals surface area contributed by atoms with Crippen LogP contribution in [0.3, 0.4) is 0 Å². The lowest BCUT2D eigenvalue weighted by atomic mass is 10.2. The molecule has 0 N–H and O–H groups in total. The molecule has 82 valence electrons. The van der Waals surface area contributed by atoms with Gasteiger partial charge in [-0.15, -0.1) is 23.1 Å². The van der Waals surface area contributed by atoms with E-state index < -0.39 is 0 Å². The number of hydrogen-bond donors (Lipinski definition) is 0. The van der Waals surface area contributed by atoms with Crippen LogP contribution < -0.4 is 0 Å². The van der Waals surface area contributed by atoms with Crippen LogP contribution in [-0.4, -0.2) is 11.3 Å². The molecular weight excluding hydrogens is 238 g/mol. The minimum Gasteiger partial charge on any atom is -0.298 e. The predicted molar refractivity (Wildman–Crippen MR) is 68.2 cm³/mol.